The second kappa shape index (κ2) is 14.1. The Morgan fingerprint density at radius 3 is 1.56 bits per heavy atom. The third kappa shape index (κ3) is 7.79. The van der Waals surface area contributed by atoms with Gasteiger partial charge < -0.3 is 9.64 Å². The van der Waals surface area contributed by atoms with E-state index in [9.17, 15) is 4.79 Å². The van der Waals surface area contributed by atoms with Gasteiger partial charge in [0.05, 0.1) is 6.61 Å². The van der Waals surface area contributed by atoms with Gasteiger partial charge in [-0.1, -0.05) is 86.2 Å². The van der Waals surface area contributed by atoms with E-state index in [1.807, 2.05) is 42.5 Å². The minimum absolute atomic E-state index is 0.764. The summed E-state index contributed by atoms with van der Waals surface area (Å²) in [4.78, 5) is 12.4. The molecule has 0 N–H and O–H groups in total. The van der Waals surface area contributed by atoms with Gasteiger partial charge in [0.15, 0.2) is 0 Å². The lowest BCUT2D eigenvalue weighted by molar-refractivity contribution is -0.104. The Morgan fingerprint density at radius 1 is 0.676 bits per heavy atom. The third-order valence-electron chi connectivity index (χ3n) is 5.06. The average molecular weight is 450 g/mol. The molecule has 0 amide bonds. The predicted octanol–water partition coefficient (Wildman–Crippen LogP) is 8.23. The number of rotatable bonds is 9. The first kappa shape index (κ1) is 24.5. The number of aldehydes is 1. The first-order valence-corrected chi connectivity index (χ1v) is 11.6. The second-order valence-electron chi connectivity index (χ2n) is 7.61. The van der Waals surface area contributed by atoms with Crippen LogP contribution in [0.1, 0.15) is 25.3 Å². The van der Waals surface area contributed by atoms with Gasteiger partial charge in [0, 0.05) is 17.1 Å². The smallest absolute Gasteiger partial charge is 0.142 e. The maximum Gasteiger partial charge on any atom is 0.142 e. The fraction of sp³-hybridized carbons (Fsp3) is 0.129. The molecule has 0 saturated heterocycles. The zero-order chi connectivity index (χ0) is 23.8. The molecule has 0 aliphatic heterocycles. The van der Waals surface area contributed by atoms with Gasteiger partial charge in [-0.25, -0.2) is 0 Å². The highest BCUT2D eigenvalue weighted by Gasteiger charge is 2.10. The number of ether oxygens (including phenoxy) is 1. The fourth-order valence-corrected chi connectivity index (χ4v) is 3.34. The number of carbonyl (C=O) groups is 1. The van der Waals surface area contributed by atoms with Crippen LogP contribution in [0.15, 0.2) is 121 Å². The number of hydrogen-bond acceptors (Lipinski definition) is 3. The van der Waals surface area contributed by atoms with E-state index in [1.165, 1.54) is 23.1 Å². The molecule has 0 radical (unpaired) electrons. The minimum atomic E-state index is 0.764. The molecule has 34 heavy (non-hydrogen) atoms. The Bertz CT molecular complexity index is 1010. The van der Waals surface area contributed by atoms with Crippen LogP contribution in [-0.4, -0.2) is 12.9 Å². The van der Waals surface area contributed by atoms with Gasteiger partial charge in [-0.3, -0.25) is 4.79 Å². The highest BCUT2D eigenvalue weighted by atomic mass is 16.5. The molecule has 0 aromatic heterocycles. The van der Waals surface area contributed by atoms with Crippen LogP contribution in [0, 0.1) is 0 Å². The molecule has 0 aliphatic carbocycles. The molecule has 3 nitrogen and oxygen atoms in total. The summed E-state index contributed by atoms with van der Waals surface area (Å²) in [5.41, 5.74) is 4.50. The average Bonchev–Trinajstić information content (AvgIpc) is 2.91. The van der Waals surface area contributed by atoms with Crippen molar-refractivity contribution in [3.8, 4) is 5.75 Å². The van der Waals surface area contributed by atoms with Crippen molar-refractivity contribution in [3.05, 3.63) is 127 Å². The van der Waals surface area contributed by atoms with Gasteiger partial charge >= 0.3 is 0 Å². The van der Waals surface area contributed by atoms with Crippen LogP contribution in [0.4, 0.5) is 17.1 Å². The molecule has 4 rings (SSSR count). The summed E-state index contributed by atoms with van der Waals surface area (Å²) in [5, 5.41) is 0. The number of allylic oxidation sites excluding steroid dienone is 1. The first-order chi connectivity index (χ1) is 16.8. The number of para-hydroxylation sites is 3. The van der Waals surface area contributed by atoms with Gasteiger partial charge in [-0.2, -0.15) is 0 Å². The zero-order valence-corrected chi connectivity index (χ0v) is 19.6. The standard InChI is InChI=1S/C18H15N.C13H16O2/c1-4-10-16(11-5-1)19(17-12-6-2-7-13-17)18-14-8-3-9-15-18;1-2-3-11-15-13-8-6-12(7-9-13)5-4-10-14/h1-15H;4-10H,2-3,11H2,1H3. The molecular weight excluding hydrogens is 418 g/mol. The van der Waals surface area contributed by atoms with Crippen molar-refractivity contribution in [1.82, 2.24) is 0 Å². The van der Waals surface area contributed by atoms with Crippen molar-refractivity contribution in [2.24, 2.45) is 0 Å². The summed E-state index contributed by atoms with van der Waals surface area (Å²) in [7, 11) is 0. The van der Waals surface area contributed by atoms with Crippen LogP contribution in [0.3, 0.4) is 0 Å². The van der Waals surface area contributed by atoms with E-state index in [2.05, 4.69) is 84.6 Å². The molecule has 4 aromatic rings. The number of carbonyl (C=O) groups excluding carboxylic acids is 1. The van der Waals surface area contributed by atoms with Crippen molar-refractivity contribution < 1.29 is 9.53 Å². The summed E-state index contributed by atoms with van der Waals surface area (Å²) >= 11 is 0. The largest absolute Gasteiger partial charge is 0.494 e. The SMILES string of the molecule is CCCCOc1ccc(C=CC=O)cc1.c1ccc(N(c2ccccc2)c2ccccc2)cc1. The summed E-state index contributed by atoms with van der Waals surface area (Å²) in [6.45, 7) is 2.90. The molecule has 172 valence electrons. The van der Waals surface area contributed by atoms with Crippen molar-refractivity contribution in [3.63, 3.8) is 0 Å². The number of unbranched alkanes of at least 4 members (excludes halogenated alkanes) is 1. The molecule has 0 bridgehead atoms. The second-order valence-corrected chi connectivity index (χ2v) is 7.61. The molecule has 0 aliphatic rings. The van der Waals surface area contributed by atoms with E-state index in [0.29, 0.717) is 0 Å². The van der Waals surface area contributed by atoms with E-state index in [-0.39, 0.29) is 0 Å². The van der Waals surface area contributed by atoms with E-state index < -0.39 is 0 Å². The highest BCUT2D eigenvalue weighted by molar-refractivity contribution is 5.76. The molecule has 3 heteroatoms. The summed E-state index contributed by atoms with van der Waals surface area (Å²) in [6, 6.07) is 38.9. The Morgan fingerprint density at radius 2 is 1.15 bits per heavy atom. The number of anilines is 3. The topological polar surface area (TPSA) is 29.5 Å². The lowest BCUT2D eigenvalue weighted by atomic mass is 10.2. The van der Waals surface area contributed by atoms with E-state index in [1.54, 1.807) is 6.08 Å². The molecule has 0 atom stereocenters. The van der Waals surface area contributed by atoms with Crippen LogP contribution in [0.5, 0.6) is 5.75 Å². The fourth-order valence-electron chi connectivity index (χ4n) is 3.34. The van der Waals surface area contributed by atoms with Crippen LogP contribution in [0.25, 0.3) is 6.08 Å². The molecule has 0 saturated carbocycles. The maximum atomic E-state index is 10.1. The van der Waals surface area contributed by atoms with Crippen LogP contribution in [-0.2, 0) is 4.79 Å². The van der Waals surface area contributed by atoms with Crippen molar-refractivity contribution in [2.45, 2.75) is 19.8 Å². The normalized spacial score (nSPS) is 10.3. The van der Waals surface area contributed by atoms with Crippen molar-refractivity contribution >= 4 is 29.4 Å². The van der Waals surface area contributed by atoms with Gasteiger partial charge in [0.2, 0.25) is 0 Å². The summed E-state index contributed by atoms with van der Waals surface area (Å²) in [5.74, 6) is 0.881. The highest BCUT2D eigenvalue weighted by Crippen LogP contribution is 2.33. The predicted molar refractivity (Wildman–Crippen MR) is 143 cm³/mol. The quantitative estimate of drug-likeness (QED) is 0.146. The van der Waals surface area contributed by atoms with Gasteiger partial charge in [0.1, 0.15) is 12.0 Å². The number of nitrogens with zero attached hydrogens (tertiary/aromatic N) is 1. The Balaban J connectivity index is 0.000000197. The van der Waals surface area contributed by atoms with Crippen molar-refractivity contribution in [2.75, 3.05) is 11.5 Å². The molecular formula is C31H31NO2. The van der Waals surface area contributed by atoms with Crippen LogP contribution < -0.4 is 9.64 Å². The van der Waals surface area contributed by atoms with Crippen LogP contribution in [0.2, 0.25) is 0 Å². The van der Waals surface area contributed by atoms with E-state index in [4.69, 9.17) is 4.74 Å². The Labute approximate surface area is 203 Å². The van der Waals surface area contributed by atoms with Gasteiger partial charge in [-0.05, 0) is 66.6 Å². The third-order valence-corrected chi connectivity index (χ3v) is 5.06. The molecule has 0 fully saturated rings. The first-order valence-electron chi connectivity index (χ1n) is 11.6. The summed E-state index contributed by atoms with van der Waals surface area (Å²) in [6.07, 6.45) is 6.23. The summed E-state index contributed by atoms with van der Waals surface area (Å²) < 4.78 is 5.51. The number of benzene rings is 4. The molecule has 4 aromatic carbocycles. The lowest BCUT2D eigenvalue weighted by Crippen LogP contribution is -2.09. The maximum absolute atomic E-state index is 10.1. The zero-order valence-electron chi connectivity index (χ0n) is 19.6. The van der Waals surface area contributed by atoms with Crippen LogP contribution >= 0.6 is 0 Å². The van der Waals surface area contributed by atoms with Gasteiger partial charge in [-0.15, -0.1) is 0 Å². The molecule has 0 unspecified atom stereocenters. The molecule has 0 spiro atoms. The van der Waals surface area contributed by atoms with Crippen molar-refractivity contribution in [1.29, 1.82) is 0 Å². The number of hydrogen-bond donors (Lipinski definition) is 0. The Hall–Kier alpha value is -4.11. The lowest BCUT2D eigenvalue weighted by Gasteiger charge is -2.25. The monoisotopic (exact) mass is 449 g/mol. The van der Waals surface area contributed by atoms with E-state index in [0.717, 1.165) is 37.0 Å². The minimum Gasteiger partial charge on any atom is -0.494 e. The van der Waals surface area contributed by atoms with Gasteiger partial charge in [0.25, 0.3) is 0 Å². The van der Waals surface area contributed by atoms with E-state index >= 15 is 0 Å². The Kier molecular flexibility index (Phi) is 10.2. The molecule has 0 heterocycles.